The molecule has 2 saturated carbocycles. The Morgan fingerprint density at radius 2 is 1.67 bits per heavy atom. The zero-order valence-electron chi connectivity index (χ0n) is 16.9. The maximum absolute atomic E-state index is 11.6. The standard InChI is InChI=1S/C20H38N4O2.HI/c1-2-21-20(24-15-14-22-19(25)17-11-12-17)23-13-7-8-16-26-18-9-5-3-4-6-10-18;/h17-18H,2-16H2,1H3,(H,22,25)(H2,21,23,24);1H. The lowest BCUT2D eigenvalue weighted by atomic mass is 10.1. The highest BCUT2D eigenvalue weighted by atomic mass is 127. The lowest BCUT2D eigenvalue weighted by molar-refractivity contribution is -0.122. The van der Waals surface area contributed by atoms with Crippen LogP contribution in [0.1, 0.15) is 71.1 Å². The topological polar surface area (TPSA) is 74.8 Å². The van der Waals surface area contributed by atoms with E-state index in [9.17, 15) is 4.79 Å². The Labute approximate surface area is 182 Å². The molecule has 0 spiro atoms. The first-order valence-corrected chi connectivity index (χ1v) is 10.7. The number of hydrogen-bond acceptors (Lipinski definition) is 3. The third-order valence-electron chi connectivity index (χ3n) is 4.99. The van der Waals surface area contributed by atoms with Gasteiger partial charge in [-0.2, -0.15) is 0 Å². The number of aliphatic imine (C=N–C) groups is 1. The zero-order valence-corrected chi connectivity index (χ0v) is 19.3. The number of unbranched alkanes of at least 4 members (excludes halogenated alkanes) is 1. The lowest BCUT2D eigenvalue weighted by Gasteiger charge is -2.15. The van der Waals surface area contributed by atoms with Gasteiger partial charge in [0.2, 0.25) is 5.91 Å². The van der Waals surface area contributed by atoms with Gasteiger partial charge in [-0.05, 0) is 45.4 Å². The Bertz CT molecular complexity index is 422. The minimum absolute atomic E-state index is 0. The minimum atomic E-state index is 0. The number of nitrogens with one attached hydrogen (secondary N) is 3. The molecule has 0 bridgehead atoms. The Hall–Kier alpha value is -0.570. The summed E-state index contributed by atoms with van der Waals surface area (Å²) in [6.07, 6.45) is 12.6. The molecule has 0 heterocycles. The number of rotatable bonds is 11. The summed E-state index contributed by atoms with van der Waals surface area (Å²) in [7, 11) is 0. The molecule has 0 saturated heterocycles. The van der Waals surface area contributed by atoms with Crippen LogP contribution < -0.4 is 16.0 Å². The van der Waals surface area contributed by atoms with Crippen molar-refractivity contribution in [2.24, 2.45) is 10.9 Å². The molecule has 2 rings (SSSR count). The molecule has 6 nitrogen and oxygen atoms in total. The van der Waals surface area contributed by atoms with Gasteiger partial charge in [0.1, 0.15) is 0 Å². The highest BCUT2D eigenvalue weighted by Crippen LogP contribution is 2.28. The van der Waals surface area contributed by atoms with E-state index in [0.29, 0.717) is 19.2 Å². The van der Waals surface area contributed by atoms with Crippen molar-refractivity contribution in [3.8, 4) is 0 Å². The van der Waals surface area contributed by atoms with Gasteiger partial charge in [0, 0.05) is 38.7 Å². The third-order valence-corrected chi connectivity index (χ3v) is 4.99. The van der Waals surface area contributed by atoms with Crippen LogP contribution in [0.2, 0.25) is 0 Å². The molecular weight excluding hydrogens is 455 g/mol. The number of guanidine groups is 1. The van der Waals surface area contributed by atoms with E-state index in [1.165, 1.54) is 38.5 Å². The van der Waals surface area contributed by atoms with Crippen molar-refractivity contribution < 1.29 is 9.53 Å². The van der Waals surface area contributed by atoms with Gasteiger partial charge in [-0.1, -0.05) is 25.7 Å². The molecule has 2 aliphatic carbocycles. The van der Waals surface area contributed by atoms with Gasteiger partial charge >= 0.3 is 0 Å². The van der Waals surface area contributed by atoms with Crippen molar-refractivity contribution >= 4 is 35.8 Å². The first-order chi connectivity index (χ1) is 12.8. The lowest BCUT2D eigenvalue weighted by Crippen LogP contribution is -2.41. The number of carbonyl (C=O) groups is 1. The highest BCUT2D eigenvalue weighted by Gasteiger charge is 2.28. The molecule has 27 heavy (non-hydrogen) atoms. The van der Waals surface area contributed by atoms with Gasteiger partial charge in [0.15, 0.2) is 5.96 Å². The molecule has 0 aromatic carbocycles. The molecule has 0 radical (unpaired) electrons. The quantitative estimate of drug-likeness (QED) is 0.136. The van der Waals surface area contributed by atoms with Gasteiger partial charge in [-0.3, -0.25) is 9.79 Å². The summed E-state index contributed by atoms with van der Waals surface area (Å²) in [5.74, 6) is 1.30. The molecule has 0 aliphatic heterocycles. The van der Waals surface area contributed by atoms with Crippen LogP contribution in [-0.4, -0.2) is 50.8 Å². The van der Waals surface area contributed by atoms with Crippen LogP contribution in [-0.2, 0) is 9.53 Å². The summed E-state index contributed by atoms with van der Waals surface area (Å²) in [4.78, 5) is 16.2. The molecule has 1 amide bonds. The second kappa shape index (κ2) is 15.4. The van der Waals surface area contributed by atoms with Gasteiger partial charge in [0.05, 0.1) is 6.10 Å². The van der Waals surface area contributed by atoms with Crippen LogP contribution >= 0.6 is 24.0 Å². The first-order valence-electron chi connectivity index (χ1n) is 10.7. The molecular formula is C20H39IN4O2. The molecule has 0 aromatic heterocycles. The predicted octanol–water partition coefficient (Wildman–Crippen LogP) is 3.21. The molecule has 0 aromatic rings. The van der Waals surface area contributed by atoms with E-state index in [4.69, 9.17) is 4.74 Å². The van der Waals surface area contributed by atoms with Crippen LogP contribution in [0.15, 0.2) is 4.99 Å². The molecule has 7 heteroatoms. The number of amides is 1. The average Bonchev–Trinajstić information content (AvgIpc) is 3.48. The van der Waals surface area contributed by atoms with Gasteiger partial charge < -0.3 is 20.7 Å². The fraction of sp³-hybridized carbons (Fsp3) is 0.900. The second-order valence-electron chi connectivity index (χ2n) is 7.44. The van der Waals surface area contributed by atoms with Crippen molar-refractivity contribution in [3.63, 3.8) is 0 Å². The summed E-state index contributed by atoms with van der Waals surface area (Å²) < 4.78 is 6.02. The first kappa shape index (κ1) is 24.5. The van der Waals surface area contributed by atoms with E-state index in [1.54, 1.807) is 0 Å². The smallest absolute Gasteiger partial charge is 0.223 e. The van der Waals surface area contributed by atoms with E-state index in [0.717, 1.165) is 51.3 Å². The molecule has 0 unspecified atom stereocenters. The molecule has 0 atom stereocenters. The van der Waals surface area contributed by atoms with Crippen molar-refractivity contribution in [1.29, 1.82) is 0 Å². The van der Waals surface area contributed by atoms with Crippen molar-refractivity contribution in [3.05, 3.63) is 0 Å². The van der Waals surface area contributed by atoms with Gasteiger partial charge in [-0.25, -0.2) is 0 Å². The Morgan fingerprint density at radius 1 is 0.963 bits per heavy atom. The van der Waals surface area contributed by atoms with E-state index in [1.807, 2.05) is 0 Å². The highest BCUT2D eigenvalue weighted by molar-refractivity contribution is 14.0. The number of carbonyl (C=O) groups excluding carboxylic acids is 1. The second-order valence-corrected chi connectivity index (χ2v) is 7.44. The van der Waals surface area contributed by atoms with Crippen LogP contribution in [0, 0.1) is 5.92 Å². The number of nitrogens with zero attached hydrogens (tertiary/aromatic N) is 1. The van der Waals surface area contributed by atoms with Gasteiger partial charge in [-0.15, -0.1) is 24.0 Å². The summed E-state index contributed by atoms with van der Waals surface area (Å²) >= 11 is 0. The third kappa shape index (κ3) is 11.8. The molecule has 2 aliphatic rings. The van der Waals surface area contributed by atoms with Crippen LogP contribution in [0.3, 0.4) is 0 Å². The predicted molar refractivity (Wildman–Crippen MR) is 122 cm³/mol. The maximum atomic E-state index is 11.6. The Balaban J connectivity index is 0.00000364. The minimum Gasteiger partial charge on any atom is -0.378 e. The molecule has 2 fully saturated rings. The fourth-order valence-corrected chi connectivity index (χ4v) is 3.26. The molecule has 3 N–H and O–H groups in total. The average molecular weight is 494 g/mol. The maximum Gasteiger partial charge on any atom is 0.223 e. The number of ether oxygens (including phenoxy) is 1. The number of hydrogen-bond donors (Lipinski definition) is 3. The summed E-state index contributed by atoms with van der Waals surface area (Å²) in [6.45, 7) is 5.91. The van der Waals surface area contributed by atoms with Crippen molar-refractivity contribution in [2.75, 3.05) is 32.8 Å². The molecule has 158 valence electrons. The van der Waals surface area contributed by atoms with Crippen LogP contribution in [0.25, 0.3) is 0 Å². The van der Waals surface area contributed by atoms with Crippen LogP contribution in [0.4, 0.5) is 0 Å². The van der Waals surface area contributed by atoms with Gasteiger partial charge in [0.25, 0.3) is 0 Å². The van der Waals surface area contributed by atoms with Crippen LogP contribution in [0.5, 0.6) is 0 Å². The van der Waals surface area contributed by atoms with E-state index in [-0.39, 0.29) is 35.8 Å². The van der Waals surface area contributed by atoms with E-state index in [2.05, 4.69) is 27.9 Å². The SMILES string of the molecule is CCNC(=NCCCCOC1CCCCCC1)NCCNC(=O)C1CC1.I. The Kier molecular flexibility index (Phi) is 13.9. The summed E-state index contributed by atoms with van der Waals surface area (Å²) in [6, 6.07) is 0. The van der Waals surface area contributed by atoms with E-state index >= 15 is 0 Å². The summed E-state index contributed by atoms with van der Waals surface area (Å²) in [5.41, 5.74) is 0. The zero-order chi connectivity index (χ0) is 18.5. The summed E-state index contributed by atoms with van der Waals surface area (Å²) in [5, 5.41) is 9.49. The number of halogens is 1. The normalized spacial score (nSPS) is 18.3. The van der Waals surface area contributed by atoms with Crippen molar-refractivity contribution in [1.82, 2.24) is 16.0 Å². The fourth-order valence-electron chi connectivity index (χ4n) is 3.26. The monoisotopic (exact) mass is 494 g/mol. The van der Waals surface area contributed by atoms with Crippen molar-refractivity contribution in [2.45, 2.75) is 77.2 Å². The Morgan fingerprint density at radius 3 is 2.33 bits per heavy atom. The van der Waals surface area contributed by atoms with E-state index < -0.39 is 0 Å². The largest absolute Gasteiger partial charge is 0.378 e.